The van der Waals surface area contributed by atoms with Crippen LogP contribution in [0.1, 0.15) is 40.0 Å². The van der Waals surface area contributed by atoms with Gasteiger partial charge in [-0.15, -0.1) is 0 Å². The number of nitrogens with one attached hydrogen (secondary N) is 1. The lowest BCUT2D eigenvalue weighted by Crippen LogP contribution is -2.31. The Morgan fingerprint density at radius 2 is 1.82 bits per heavy atom. The predicted octanol–water partition coefficient (Wildman–Crippen LogP) is 3.09. The molecular weight excluding hydrogens is 233 g/mol. The van der Waals surface area contributed by atoms with Crippen LogP contribution in [0, 0.1) is 10.8 Å². The Morgan fingerprint density at radius 1 is 1.29 bits per heavy atom. The molecule has 0 heterocycles. The highest BCUT2D eigenvalue weighted by atomic mass is 19.4. The van der Waals surface area contributed by atoms with Gasteiger partial charge in [0.25, 0.3) is 0 Å². The van der Waals surface area contributed by atoms with Crippen molar-refractivity contribution in [2.75, 3.05) is 6.61 Å². The maximum Gasteiger partial charge on any atom is 0.414 e. The molecule has 17 heavy (non-hydrogen) atoms. The van der Waals surface area contributed by atoms with Crippen molar-refractivity contribution in [3.8, 4) is 0 Å². The molecule has 102 valence electrons. The number of amidine groups is 1. The van der Waals surface area contributed by atoms with Crippen LogP contribution in [-0.4, -0.2) is 24.7 Å². The maximum absolute atomic E-state index is 12.1. The van der Waals surface area contributed by atoms with E-state index < -0.39 is 17.7 Å². The molecule has 6 heteroatoms. The van der Waals surface area contributed by atoms with Crippen molar-refractivity contribution in [3.05, 3.63) is 0 Å². The standard InChI is InChI=1S/C11H21F3N2O/c1-8(11(12,13)14)17-7-5-4-6-10(2,3)9(15)16/h8H,4-7H2,1-3H3,(H3,15,16). The Kier molecular flexibility index (Phi) is 5.95. The van der Waals surface area contributed by atoms with E-state index in [1.54, 1.807) is 0 Å². The number of rotatable bonds is 7. The molecule has 0 radical (unpaired) electrons. The van der Waals surface area contributed by atoms with Crippen molar-refractivity contribution < 1.29 is 17.9 Å². The zero-order valence-electron chi connectivity index (χ0n) is 10.5. The molecule has 0 aliphatic heterocycles. The van der Waals surface area contributed by atoms with Crippen LogP contribution in [0.3, 0.4) is 0 Å². The smallest absolute Gasteiger partial charge is 0.387 e. The van der Waals surface area contributed by atoms with Gasteiger partial charge in [-0.05, 0) is 19.8 Å². The Labute approximate surface area is 100 Å². The van der Waals surface area contributed by atoms with Gasteiger partial charge < -0.3 is 10.5 Å². The van der Waals surface area contributed by atoms with Crippen molar-refractivity contribution >= 4 is 5.84 Å². The highest BCUT2D eigenvalue weighted by molar-refractivity contribution is 5.82. The van der Waals surface area contributed by atoms with Crippen molar-refractivity contribution in [3.63, 3.8) is 0 Å². The second kappa shape index (κ2) is 6.23. The van der Waals surface area contributed by atoms with Crippen molar-refractivity contribution in [2.24, 2.45) is 11.1 Å². The van der Waals surface area contributed by atoms with Crippen LogP contribution in [0.15, 0.2) is 0 Å². The summed E-state index contributed by atoms with van der Waals surface area (Å²) in [6.07, 6.45) is -4.11. The highest BCUT2D eigenvalue weighted by Crippen LogP contribution is 2.24. The van der Waals surface area contributed by atoms with E-state index in [1.165, 1.54) is 0 Å². The molecule has 0 aromatic heterocycles. The minimum Gasteiger partial charge on any atom is -0.387 e. The second-order valence-corrected chi connectivity index (χ2v) is 4.81. The van der Waals surface area contributed by atoms with Crippen LogP contribution in [0.25, 0.3) is 0 Å². The molecule has 0 rings (SSSR count). The summed E-state index contributed by atoms with van der Waals surface area (Å²) in [5.41, 5.74) is 5.00. The fourth-order valence-corrected chi connectivity index (χ4v) is 1.16. The van der Waals surface area contributed by atoms with E-state index in [2.05, 4.69) is 4.74 Å². The van der Waals surface area contributed by atoms with Crippen LogP contribution >= 0.6 is 0 Å². The average molecular weight is 254 g/mol. The average Bonchev–Trinajstić information content (AvgIpc) is 2.15. The molecule has 0 aliphatic rings. The van der Waals surface area contributed by atoms with Gasteiger partial charge in [0.05, 0.1) is 5.84 Å². The Balaban J connectivity index is 3.71. The van der Waals surface area contributed by atoms with Gasteiger partial charge in [-0.3, -0.25) is 5.41 Å². The van der Waals surface area contributed by atoms with Gasteiger partial charge in [0.2, 0.25) is 0 Å². The van der Waals surface area contributed by atoms with Gasteiger partial charge in [0.15, 0.2) is 6.10 Å². The first-order valence-electron chi connectivity index (χ1n) is 5.60. The van der Waals surface area contributed by atoms with Crippen LogP contribution < -0.4 is 5.73 Å². The number of nitrogens with two attached hydrogens (primary N) is 1. The first kappa shape index (κ1) is 16.2. The number of hydrogen-bond donors (Lipinski definition) is 2. The zero-order chi connectivity index (χ0) is 13.7. The molecular formula is C11H21F3N2O. The molecule has 0 spiro atoms. The van der Waals surface area contributed by atoms with Gasteiger partial charge in [-0.2, -0.15) is 13.2 Å². The predicted molar refractivity (Wildman–Crippen MR) is 61.0 cm³/mol. The van der Waals surface area contributed by atoms with Crippen molar-refractivity contribution in [1.82, 2.24) is 0 Å². The summed E-state index contributed by atoms with van der Waals surface area (Å²) in [7, 11) is 0. The molecule has 0 saturated heterocycles. The first-order chi connectivity index (χ1) is 7.57. The van der Waals surface area contributed by atoms with E-state index in [9.17, 15) is 13.2 Å². The fourth-order valence-electron chi connectivity index (χ4n) is 1.16. The summed E-state index contributed by atoms with van der Waals surface area (Å²) in [5.74, 6) is 0.0991. The Morgan fingerprint density at radius 3 is 2.24 bits per heavy atom. The fraction of sp³-hybridized carbons (Fsp3) is 0.909. The zero-order valence-corrected chi connectivity index (χ0v) is 10.5. The van der Waals surface area contributed by atoms with Gasteiger partial charge in [-0.25, -0.2) is 0 Å². The highest BCUT2D eigenvalue weighted by Gasteiger charge is 2.36. The van der Waals surface area contributed by atoms with Gasteiger partial charge in [0.1, 0.15) is 0 Å². The number of ether oxygens (including phenoxy) is 1. The molecule has 3 nitrogen and oxygen atoms in total. The maximum atomic E-state index is 12.1. The second-order valence-electron chi connectivity index (χ2n) is 4.81. The lowest BCUT2D eigenvalue weighted by Gasteiger charge is -2.23. The molecule has 0 amide bonds. The molecule has 0 fully saturated rings. The first-order valence-corrected chi connectivity index (χ1v) is 5.60. The lowest BCUT2D eigenvalue weighted by atomic mass is 9.86. The van der Waals surface area contributed by atoms with Gasteiger partial charge in [-0.1, -0.05) is 20.3 Å². The molecule has 0 bridgehead atoms. The van der Waals surface area contributed by atoms with Crippen molar-refractivity contribution in [1.29, 1.82) is 5.41 Å². The van der Waals surface area contributed by atoms with E-state index >= 15 is 0 Å². The Hall–Kier alpha value is -0.780. The molecule has 3 N–H and O–H groups in total. The molecule has 0 saturated carbocycles. The third kappa shape index (κ3) is 6.51. The quantitative estimate of drug-likeness (QED) is 0.416. The molecule has 0 aromatic carbocycles. The number of unbranched alkanes of at least 4 members (excludes halogenated alkanes) is 1. The van der Waals surface area contributed by atoms with E-state index in [0.29, 0.717) is 19.3 Å². The van der Waals surface area contributed by atoms with E-state index in [-0.39, 0.29) is 12.4 Å². The van der Waals surface area contributed by atoms with Crippen LogP contribution in [0.4, 0.5) is 13.2 Å². The number of halogens is 3. The molecule has 0 aliphatic carbocycles. The summed E-state index contributed by atoms with van der Waals surface area (Å²) in [6.45, 7) is 4.76. The normalized spacial score (nSPS) is 14.7. The lowest BCUT2D eigenvalue weighted by molar-refractivity contribution is -0.214. The topological polar surface area (TPSA) is 59.1 Å². The summed E-state index contributed by atoms with van der Waals surface area (Å²) in [6, 6.07) is 0. The largest absolute Gasteiger partial charge is 0.414 e. The summed E-state index contributed by atoms with van der Waals surface area (Å²) >= 11 is 0. The van der Waals surface area contributed by atoms with Gasteiger partial charge in [0, 0.05) is 12.0 Å². The van der Waals surface area contributed by atoms with E-state index in [4.69, 9.17) is 11.1 Å². The van der Waals surface area contributed by atoms with Crippen LogP contribution in [0.2, 0.25) is 0 Å². The third-order valence-corrected chi connectivity index (χ3v) is 2.75. The Bertz CT molecular complexity index is 252. The molecule has 0 aromatic rings. The summed E-state index contributed by atoms with van der Waals surface area (Å²) in [5, 5.41) is 7.33. The number of alkyl halides is 3. The monoisotopic (exact) mass is 254 g/mol. The van der Waals surface area contributed by atoms with Crippen molar-refractivity contribution in [2.45, 2.75) is 52.3 Å². The van der Waals surface area contributed by atoms with Crippen LogP contribution in [0.5, 0.6) is 0 Å². The molecule has 1 atom stereocenters. The van der Waals surface area contributed by atoms with E-state index in [0.717, 1.165) is 6.92 Å². The minimum atomic E-state index is -4.29. The third-order valence-electron chi connectivity index (χ3n) is 2.75. The summed E-state index contributed by atoms with van der Waals surface area (Å²) in [4.78, 5) is 0. The summed E-state index contributed by atoms with van der Waals surface area (Å²) < 4.78 is 40.9. The van der Waals surface area contributed by atoms with E-state index in [1.807, 2.05) is 13.8 Å². The SMILES string of the molecule is CC(OCCCCC(C)(C)C(=N)N)C(F)(F)F. The minimum absolute atomic E-state index is 0.0780. The number of hydrogen-bond acceptors (Lipinski definition) is 2. The van der Waals surface area contributed by atoms with Gasteiger partial charge >= 0.3 is 6.18 Å². The molecule has 1 unspecified atom stereocenters. The van der Waals surface area contributed by atoms with Crippen LogP contribution in [-0.2, 0) is 4.74 Å².